The number of hydrogen-bond acceptors (Lipinski definition) is 2. The van der Waals surface area contributed by atoms with Gasteiger partial charge in [-0.2, -0.15) is 5.10 Å². The molecule has 0 spiro atoms. The average Bonchev–Trinajstić information content (AvgIpc) is 2.91. The van der Waals surface area contributed by atoms with Crippen molar-refractivity contribution in [1.29, 1.82) is 0 Å². The Bertz CT molecular complexity index is 508. The molecule has 0 bridgehead atoms. The lowest BCUT2D eigenvalue weighted by molar-refractivity contribution is -0.116. The summed E-state index contributed by atoms with van der Waals surface area (Å²) in [4.78, 5) is 11.5. The zero-order valence-corrected chi connectivity index (χ0v) is 11.3. The summed E-state index contributed by atoms with van der Waals surface area (Å²) >= 11 is 5.55. The number of carbonyl (C=O) groups is 1. The molecular weight excluding hydrogens is 262 g/mol. The van der Waals surface area contributed by atoms with E-state index in [0.717, 1.165) is 17.8 Å². The Kier molecular flexibility index (Phi) is 4.98. The first kappa shape index (κ1) is 13.6. The summed E-state index contributed by atoms with van der Waals surface area (Å²) in [5.74, 6) is 0.511. The number of amides is 1. The van der Waals surface area contributed by atoms with E-state index < -0.39 is 0 Å². The van der Waals surface area contributed by atoms with Crippen LogP contribution in [0.15, 0.2) is 42.7 Å². The van der Waals surface area contributed by atoms with Crippen LogP contribution in [0.3, 0.4) is 0 Å². The number of hydrogen-bond donors (Lipinski definition) is 1. The normalized spacial score (nSPS) is 10.4. The van der Waals surface area contributed by atoms with E-state index in [2.05, 4.69) is 10.4 Å². The maximum Gasteiger partial charge on any atom is 0.224 e. The van der Waals surface area contributed by atoms with Gasteiger partial charge in [0.2, 0.25) is 5.91 Å². The van der Waals surface area contributed by atoms with Crippen LogP contribution in [0, 0.1) is 0 Å². The Morgan fingerprint density at radius 1 is 1.32 bits per heavy atom. The van der Waals surface area contributed by atoms with Gasteiger partial charge in [-0.25, -0.2) is 0 Å². The summed E-state index contributed by atoms with van der Waals surface area (Å²) < 4.78 is 1.86. The Balaban J connectivity index is 1.89. The molecule has 1 heterocycles. The third-order valence-electron chi connectivity index (χ3n) is 2.68. The lowest BCUT2D eigenvalue weighted by atomic mass is 10.2. The minimum atomic E-state index is 0.000441. The third-order valence-corrected chi connectivity index (χ3v) is 2.95. The number of nitrogens with one attached hydrogen (secondary N) is 1. The van der Waals surface area contributed by atoms with Gasteiger partial charge in [-0.1, -0.05) is 12.1 Å². The number of rotatable bonds is 6. The predicted octanol–water partition coefficient (Wildman–Crippen LogP) is 2.89. The van der Waals surface area contributed by atoms with Gasteiger partial charge in [-0.05, 0) is 30.2 Å². The highest BCUT2D eigenvalue weighted by atomic mass is 35.5. The Morgan fingerprint density at radius 2 is 2.11 bits per heavy atom. The van der Waals surface area contributed by atoms with Crippen LogP contribution in [0.5, 0.6) is 0 Å². The molecule has 0 radical (unpaired) electrons. The van der Waals surface area contributed by atoms with Gasteiger partial charge in [0, 0.05) is 30.4 Å². The van der Waals surface area contributed by atoms with Gasteiger partial charge in [-0.15, -0.1) is 11.6 Å². The molecule has 0 atom stereocenters. The van der Waals surface area contributed by atoms with Crippen LogP contribution >= 0.6 is 11.6 Å². The maximum atomic E-state index is 11.5. The number of alkyl halides is 1. The van der Waals surface area contributed by atoms with Crippen LogP contribution in [-0.4, -0.2) is 21.6 Å². The number of anilines is 1. The van der Waals surface area contributed by atoms with Crippen LogP contribution in [0.25, 0.3) is 0 Å². The highest BCUT2D eigenvalue weighted by Crippen LogP contribution is 2.11. The molecule has 4 nitrogen and oxygen atoms in total. The first-order valence-corrected chi connectivity index (χ1v) is 6.73. The molecule has 2 rings (SSSR count). The van der Waals surface area contributed by atoms with Crippen molar-refractivity contribution in [1.82, 2.24) is 9.78 Å². The molecule has 5 heteroatoms. The van der Waals surface area contributed by atoms with E-state index in [1.54, 1.807) is 6.20 Å². The van der Waals surface area contributed by atoms with E-state index in [-0.39, 0.29) is 5.91 Å². The highest BCUT2D eigenvalue weighted by Gasteiger charge is 2.02. The molecule has 0 aliphatic heterocycles. The van der Waals surface area contributed by atoms with Crippen molar-refractivity contribution >= 4 is 23.2 Å². The summed E-state index contributed by atoms with van der Waals surface area (Å²) in [6.07, 6.45) is 4.83. The van der Waals surface area contributed by atoms with Crippen molar-refractivity contribution in [3.63, 3.8) is 0 Å². The topological polar surface area (TPSA) is 46.9 Å². The smallest absolute Gasteiger partial charge is 0.224 e. The molecule has 1 aromatic carbocycles. The summed E-state index contributed by atoms with van der Waals surface area (Å²) in [7, 11) is 0. The lowest BCUT2D eigenvalue weighted by Gasteiger charge is -2.06. The van der Waals surface area contributed by atoms with E-state index in [1.807, 2.05) is 41.2 Å². The average molecular weight is 278 g/mol. The number of benzene rings is 1. The second kappa shape index (κ2) is 6.95. The van der Waals surface area contributed by atoms with Crippen molar-refractivity contribution in [2.75, 3.05) is 11.2 Å². The van der Waals surface area contributed by atoms with Crippen molar-refractivity contribution in [2.24, 2.45) is 0 Å². The fourth-order valence-corrected chi connectivity index (χ4v) is 1.86. The fourth-order valence-electron chi connectivity index (χ4n) is 1.73. The van der Waals surface area contributed by atoms with Crippen LogP contribution in [-0.2, 0) is 11.3 Å². The zero-order chi connectivity index (χ0) is 13.5. The summed E-state index contributed by atoms with van der Waals surface area (Å²) in [6.45, 7) is 0.730. The summed E-state index contributed by atoms with van der Waals surface area (Å²) in [6, 6.07) is 9.66. The number of carbonyl (C=O) groups excluding carboxylic acids is 1. The maximum absolute atomic E-state index is 11.5. The molecular formula is C14H16ClN3O. The lowest BCUT2D eigenvalue weighted by Crippen LogP contribution is -2.11. The van der Waals surface area contributed by atoms with Crippen molar-refractivity contribution in [3.05, 3.63) is 48.3 Å². The molecule has 19 heavy (non-hydrogen) atoms. The van der Waals surface area contributed by atoms with Crippen LogP contribution < -0.4 is 5.32 Å². The fraction of sp³-hybridized carbons (Fsp3) is 0.286. The second-order valence-electron chi connectivity index (χ2n) is 4.24. The molecule has 0 aliphatic rings. The van der Waals surface area contributed by atoms with Gasteiger partial charge in [0.05, 0.1) is 6.54 Å². The molecule has 1 amide bonds. The standard InChI is InChI=1S/C14H16ClN3O/c15-8-1-3-14(19)17-13-6-4-12(5-7-13)11-18-10-2-9-16-18/h2,4-7,9-10H,1,3,8,11H2,(H,17,19). The first-order valence-electron chi connectivity index (χ1n) is 6.20. The summed E-state index contributed by atoms with van der Waals surface area (Å²) in [5, 5.41) is 6.99. The van der Waals surface area contributed by atoms with Crippen LogP contribution in [0.4, 0.5) is 5.69 Å². The highest BCUT2D eigenvalue weighted by molar-refractivity contribution is 6.18. The van der Waals surface area contributed by atoms with E-state index in [1.165, 1.54) is 0 Å². The molecule has 0 saturated carbocycles. The summed E-state index contributed by atoms with van der Waals surface area (Å²) in [5.41, 5.74) is 1.95. The molecule has 0 aliphatic carbocycles. The van der Waals surface area contributed by atoms with E-state index in [9.17, 15) is 4.79 Å². The second-order valence-corrected chi connectivity index (χ2v) is 4.62. The number of nitrogens with zero attached hydrogens (tertiary/aromatic N) is 2. The van der Waals surface area contributed by atoms with Gasteiger partial charge in [0.1, 0.15) is 0 Å². The molecule has 0 fully saturated rings. The first-order chi connectivity index (χ1) is 9.28. The number of aromatic nitrogens is 2. The SMILES string of the molecule is O=C(CCCCl)Nc1ccc(Cn2cccn2)cc1. The van der Waals surface area contributed by atoms with E-state index in [0.29, 0.717) is 18.7 Å². The minimum absolute atomic E-state index is 0.000441. The van der Waals surface area contributed by atoms with Gasteiger partial charge in [-0.3, -0.25) is 9.48 Å². The van der Waals surface area contributed by atoms with E-state index >= 15 is 0 Å². The largest absolute Gasteiger partial charge is 0.326 e. The van der Waals surface area contributed by atoms with Gasteiger partial charge >= 0.3 is 0 Å². The Labute approximate surface area is 117 Å². The Hall–Kier alpha value is -1.81. The number of halogens is 1. The van der Waals surface area contributed by atoms with Gasteiger partial charge < -0.3 is 5.32 Å². The molecule has 0 unspecified atom stereocenters. The van der Waals surface area contributed by atoms with Crippen molar-refractivity contribution < 1.29 is 4.79 Å². The van der Waals surface area contributed by atoms with E-state index in [4.69, 9.17) is 11.6 Å². The van der Waals surface area contributed by atoms with Gasteiger partial charge in [0.25, 0.3) is 0 Å². The van der Waals surface area contributed by atoms with Crippen LogP contribution in [0.2, 0.25) is 0 Å². The minimum Gasteiger partial charge on any atom is -0.326 e. The quantitative estimate of drug-likeness (QED) is 0.826. The van der Waals surface area contributed by atoms with Crippen molar-refractivity contribution in [2.45, 2.75) is 19.4 Å². The molecule has 100 valence electrons. The molecule has 0 saturated heterocycles. The van der Waals surface area contributed by atoms with Crippen LogP contribution in [0.1, 0.15) is 18.4 Å². The zero-order valence-electron chi connectivity index (χ0n) is 10.6. The van der Waals surface area contributed by atoms with Crippen molar-refractivity contribution in [3.8, 4) is 0 Å². The molecule has 2 aromatic rings. The monoisotopic (exact) mass is 277 g/mol. The Morgan fingerprint density at radius 3 is 2.74 bits per heavy atom. The predicted molar refractivity (Wildman–Crippen MR) is 76.4 cm³/mol. The third kappa shape index (κ3) is 4.41. The van der Waals surface area contributed by atoms with Gasteiger partial charge in [0.15, 0.2) is 0 Å². The molecule has 1 N–H and O–H groups in total. The molecule has 1 aromatic heterocycles.